The van der Waals surface area contributed by atoms with Crippen LogP contribution in [0.25, 0.3) is 0 Å². The number of nitrogens with zero attached hydrogens (tertiary/aromatic N) is 4. The summed E-state index contributed by atoms with van der Waals surface area (Å²) in [6.45, 7) is 2.84. The number of halogens is 5. The number of benzene rings is 2. The number of anilines is 1. The number of aromatic nitrogens is 2. The summed E-state index contributed by atoms with van der Waals surface area (Å²) < 4.78 is 56.1. The summed E-state index contributed by atoms with van der Waals surface area (Å²) in [7, 11) is 0. The topological polar surface area (TPSA) is 53.4 Å². The van der Waals surface area contributed by atoms with E-state index in [1.807, 2.05) is 30.3 Å². The maximum atomic E-state index is 14.0. The van der Waals surface area contributed by atoms with Crippen molar-refractivity contribution in [2.24, 2.45) is 0 Å². The molecule has 5 rings (SSSR count). The SMILES string of the molecule is O=C(c1nn2c(c1Cl)NC(c1ccc(F)cc1)CC2C(F)(F)F)N1CCN(Cc2ccccc2)CC1. The highest BCUT2D eigenvalue weighted by molar-refractivity contribution is 6.36. The molecule has 0 radical (unpaired) electrons. The Balaban J connectivity index is 1.35. The van der Waals surface area contributed by atoms with Gasteiger partial charge in [-0.1, -0.05) is 54.1 Å². The van der Waals surface area contributed by atoms with E-state index < -0.39 is 30.0 Å². The second-order valence-corrected chi connectivity index (χ2v) is 9.43. The summed E-state index contributed by atoms with van der Waals surface area (Å²) in [5, 5.41) is 6.88. The van der Waals surface area contributed by atoms with Crippen LogP contribution < -0.4 is 5.32 Å². The van der Waals surface area contributed by atoms with Gasteiger partial charge in [0.05, 0.1) is 6.04 Å². The van der Waals surface area contributed by atoms with Gasteiger partial charge in [0.2, 0.25) is 0 Å². The number of rotatable bonds is 4. The average molecular weight is 522 g/mol. The van der Waals surface area contributed by atoms with Crippen molar-refractivity contribution in [1.29, 1.82) is 0 Å². The van der Waals surface area contributed by atoms with Crippen molar-refractivity contribution in [2.75, 3.05) is 31.5 Å². The third-order valence-electron chi connectivity index (χ3n) is 6.68. The van der Waals surface area contributed by atoms with Gasteiger partial charge >= 0.3 is 6.18 Å². The maximum absolute atomic E-state index is 14.0. The Hall–Kier alpha value is -3.11. The number of piperazine rings is 1. The van der Waals surface area contributed by atoms with Crippen LogP contribution in [-0.2, 0) is 6.54 Å². The summed E-state index contributed by atoms with van der Waals surface area (Å²) in [5.41, 5.74) is 1.45. The number of carbonyl (C=O) groups excluding carboxylic acids is 1. The Bertz CT molecular complexity index is 1220. The van der Waals surface area contributed by atoms with E-state index in [9.17, 15) is 22.4 Å². The lowest BCUT2D eigenvalue weighted by Gasteiger charge is -2.34. The number of hydrogen-bond acceptors (Lipinski definition) is 4. The van der Waals surface area contributed by atoms with Crippen molar-refractivity contribution >= 4 is 23.3 Å². The lowest BCUT2D eigenvalue weighted by atomic mass is 9.97. The second-order valence-electron chi connectivity index (χ2n) is 9.05. The van der Waals surface area contributed by atoms with Crippen LogP contribution in [0, 0.1) is 5.82 Å². The molecule has 1 fully saturated rings. The Labute approximate surface area is 210 Å². The van der Waals surface area contributed by atoms with Gasteiger partial charge in [0.15, 0.2) is 11.7 Å². The molecule has 190 valence electrons. The molecule has 0 bridgehead atoms. The zero-order valence-electron chi connectivity index (χ0n) is 19.2. The minimum atomic E-state index is -4.62. The van der Waals surface area contributed by atoms with E-state index in [2.05, 4.69) is 15.3 Å². The summed E-state index contributed by atoms with van der Waals surface area (Å²) in [6.07, 6.45) is -4.99. The van der Waals surface area contributed by atoms with Gasteiger partial charge in [-0.05, 0) is 23.3 Å². The molecule has 3 heterocycles. The molecule has 2 atom stereocenters. The third-order valence-corrected chi connectivity index (χ3v) is 7.04. The van der Waals surface area contributed by atoms with Crippen LogP contribution in [0.2, 0.25) is 5.02 Å². The monoisotopic (exact) mass is 521 g/mol. The molecule has 2 aliphatic heterocycles. The fraction of sp³-hybridized carbons (Fsp3) is 0.360. The third kappa shape index (κ3) is 4.92. The molecule has 1 saturated heterocycles. The van der Waals surface area contributed by atoms with Gasteiger partial charge < -0.3 is 10.2 Å². The van der Waals surface area contributed by atoms with Crippen LogP contribution in [0.1, 0.15) is 40.1 Å². The minimum Gasteiger partial charge on any atom is -0.362 e. The largest absolute Gasteiger partial charge is 0.410 e. The van der Waals surface area contributed by atoms with Crippen molar-refractivity contribution in [3.8, 4) is 0 Å². The van der Waals surface area contributed by atoms with Crippen molar-refractivity contribution in [3.05, 3.63) is 82.3 Å². The molecule has 0 spiro atoms. The van der Waals surface area contributed by atoms with Gasteiger partial charge in [0.1, 0.15) is 16.7 Å². The fourth-order valence-corrected chi connectivity index (χ4v) is 5.00. The Morgan fingerprint density at radius 3 is 2.33 bits per heavy atom. The van der Waals surface area contributed by atoms with E-state index in [-0.39, 0.29) is 23.0 Å². The predicted molar refractivity (Wildman–Crippen MR) is 127 cm³/mol. The first kappa shape index (κ1) is 24.6. The van der Waals surface area contributed by atoms with E-state index >= 15 is 0 Å². The molecule has 11 heteroatoms. The molecule has 1 amide bonds. The number of carbonyl (C=O) groups is 1. The number of fused-ring (bicyclic) bond motifs is 1. The van der Waals surface area contributed by atoms with Gasteiger partial charge in [-0.3, -0.25) is 9.69 Å². The van der Waals surface area contributed by atoms with Crippen molar-refractivity contribution in [3.63, 3.8) is 0 Å². The molecule has 2 aliphatic rings. The lowest BCUT2D eigenvalue weighted by Crippen LogP contribution is -2.48. The van der Waals surface area contributed by atoms with Gasteiger partial charge in [0.25, 0.3) is 5.91 Å². The Morgan fingerprint density at radius 1 is 1.03 bits per heavy atom. The lowest BCUT2D eigenvalue weighted by molar-refractivity contribution is -0.173. The summed E-state index contributed by atoms with van der Waals surface area (Å²) in [4.78, 5) is 17.0. The van der Waals surface area contributed by atoms with Crippen LogP contribution in [0.3, 0.4) is 0 Å². The van der Waals surface area contributed by atoms with E-state index in [0.29, 0.717) is 31.7 Å². The number of hydrogen-bond donors (Lipinski definition) is 1. The molecule has 2 aromatic carbocycles. The molecule has 2 unspecified atom stereocenters. The highest BCUT2D eigenvalue weighted by Gasteiger charge is 2.48. The van der Waals surface area contributed by atoms with E-state index in [1.54, 1.807) is 4.90 Å². The number of alkyl halides is 3. The van der Waals surface area contributed by atoms with E-state index in [1.165, 1.54) is 29.8 Å². The van der Waals surface area contributed by atoms with E-state index in [0.717, 1.165) is 11.2 Å². The molecular weight excluding hydrogens is 498 g/mol. The van der Waals surface area contributed by atoms with Gasteiger partial charge in [0, 0.05) is 39.1 Å². The molecule has 3 aromatic rings. The standard InChI is InChI=1S/C25H24ClF4N5O/c26-21-22(24(36)34-12-10-33(11-13-34)15-16-4-2-1-3-5-16)32-35-20(25(28,29)30)14-19(31-23(21)35)17-6-8-18(27)9-7-17/h1-9,19-20,31H,10-15H2. The first-order valence-electron chi connectivity index (χ1n) is 11.6. The second kappa shape index (κ2) is 9.74. The molecule has 1 N–H and O–H groups in total. The maximum Gasteiger partial charge on any atom is 0.410 e. The smallest absolute Gasteiger partial charge is 0.362 e. The van der Waals surface area contributed by atoms with Crippen LogP contribution in [0.15, 0.2) is 54.6 Å². The van der Waals surface area contributed by atoms with Crippen LogP contribution in [0.4, 0.5) is 23.4 Å². The first-order valence-corrected chi connectivity index (χ1v) is 12.0. The number of amides is 1. The molecule has 0 aliphatic carbocycles. The van der Waals surface area contributed by atoms with Gasteiger partial charge in [-0.2, -0.15) is 18.3 Å². The zero-order chi connectivity index (χ0) is 25.4. The zero-order valence-corrected chi connectivity index (χ0v) is 19.9. The van der Waals surface area contributed by atoms with Gasteiger partial charge in [-0.25, -0.2) is 9.07 Å². The average Bonchev–Trinajstić information content (AvgIpc) is 3.20. The highest BCUT2D eigenvalue weighted by atomic mass is 35.5. The summed E-state index contributed by atoms with van der Waals surface area (Å²) in [5.74, 6) is -1.05. The molecule has 0 saturated carbocycles. The summed E-state index contributed by atoms with van der Waals surface area (Å²) >= 11 is 6.45. The fourth-order valence-electron chi connectivity index (χ4n) is 4.74. The van der Waals surface area contributed by atoms with Crippen molar-refractivity contribution in [1.82, 2.24) is 19.6 Å². The van der Waals surface area contributed by atoms with Crippen LogP contribution in [-0.4, -0.2) is 57.8 Å². The highest BCUT2D eigenvalue weighted by Crippen LogP contribution is 2.46. The molecule has 36 heavy (non-hydrogen) atoms. The molecule has 1 aromatic heterocycles. The number of nitrogens with one attached hydrogen (secondary N) is 1. The molecular formula is C25H24ClF4N5O. The Kier molecular flexibility index (Phi) is 6.65. The normalized spacial score (nSPS) is 20.6. The van der Waals surface area contributed by atoms with Crippen LogP contribution in [0.5, 0.6) is 0 Å². The molecule has 6 nitrogen and oxygen atoms in total. The first-order chi connectivity index (χ1) is 17.2. The minimum absolute atomic E-state index is 0.0642. The van der Waals surface area contributed by atoms with Crippen molar-refractivity contribution < 1.29 is 22.4 Å². The van der Waals surface area contributed by atoms with Crippen LogP contribution >= 0.6 is 11.6 Å². The summed E-state index contributed by atoms with van der Waals surface area (Å²) in [6, 6.07) is 12.5. The Morgan fingerprint density at radius 2 is 1.69 bits per heavy atom. The van der Waals surface area contributed by atoms with E-state index in [4.69, 9.17) is 11.6 Å². The van der Waals surface area contributed by atoms with Crippen molar-refractivity contribution in [2.45, 2.75) is 31.2 Å². The quantitative estimate of drug-likeness (QED) is 0.474. The predicted octanol–water partition coefficient (Wildman–Crippen LogP) is 5.29. The van der Waals surface area contributed by atoms with Gasteiger partial charge in [-0.15, -0.1) is 0 Å².